The summed E-state index contributed by atoms with van der Waals surface area (Å²) in [6.45, 7) is 3.97. The lowest BCUT2D eigenvalue weighted by molar-refractivity contribution is -0.119. The Kier molecular flexibility index (Phi) is 4.53. The number of nitrogens with one attached hydrogen (secondary N) is 1. The number of carbonyl (C=O) groups excluding carboxylic acids is 1. The SMILES string of the molecule is CCC[C@H](C)C(=O)Nc1cccc(C#N)c1. The molecule has 0 radical (unpaired) electrons. The molecule has 1 N–H and O–H groups in total. The van der Waals surface area contributed by atoms with E-state index in [-0.39, 0.29) is 11.8 Å². The topological polar surface area (TPSA) is 52.9 Å². The summed E-state index contributed by atoms with van der Waals surface area (Å²) < 4.78 is 0. The number of carbonyl (C=O) groups is 1. The van der Waals surface area contributed by atoms with E-state index < -0.39 is 0 Å². The van der Waals surface area contributed by atoms with Gasteiger partial charge in [0.2, 0.25) is 5.91 Å². The Morgan fingerprint density at radius 3 is 2.94 bits per heavy atom. The molecule has 0 bridgehead atoms. The van der Waals surface area contributed by atoms with Crippen LogP contribution in [-0.2, 0) is 4.79 Å². The van der Waals surface area contributed by atoms with Crippen LogP contribution in [0, 0.1) is 17.2 Å². The van der Waals surface area contributed by atoms with Crippen LogP contribution in [0.2, 0.25) is 0 Å². The van der Waals surface area contributed by atoms with Crippen molar-refractivity contribution in [2.24, 2.45) is 5.92 Å². The van der Waals surface area contributed by atoms with Crippen molar-refractivity contribution in [1.82, 2.24) is 0 Å². The van der Waals surface area contributed by atoms with E-state index in [1.54, 1.807) is 24.3 Å². The van der Waals surface area contributed by atoms with Gasteiger partial charge in [-0.15, -0.1) is 0 Å². The van der Waals surface area contributed by atoms with Crippen LogP contribution < -0.4 is 5.32 Å². The van der Waals surface area contributed by atoms with Crippen LogP contribution in [0.3, 0.4) is 0 Å². The molecule has 0 spiro atoms. The number of hydrogen-bond donors (Lipinski definition) is 1. The summed E-state index contributed by atoms with van der Waals surface area (Å²) in [5, 5.41) is 11.5. The molecule has 84 valence electrons. The average molecular weight is 216 g/mol. The molecular weight excluding hydrogens is 200 g/mol. The number of anilines is 1. The maximum atomic E-state index is 11.7. The molecule has 0 fully saturated rings. The molecule has 1 aromatic rings. The third-order valence-electron chi connectivity index (χ3n) is 2.43. The molecule has 3 heteroatoms. The van der Waals surface area contributed by atoms with Gasteiger partial charge in [-0.25, -0.2) is 0 Å². The van der Waals surface area contributed by atoms with Crippen molar-refractivity contribution >= 4 is 11.6 Å². The van der Waals surface area contributed by atoms with Crippen LogP contribution >= 0.6 is 0 Å². The fourth-order valence-electron chi connectivity index (χ4n) is 1.50. The monoisotopic (exact) mass is 216 g/mol. The minimum atomic E-state index is 0.00995. The summed E-state index contributed by atoms with van der Waals surface area (Å²) in [5.41, 5.74) is 1.24. The first-order valence-electron chi connectivity index (χ1n) is 5.48. The van der Waals surface area contributed by atoms with Crippen LogP contribution in [0.1, 0.15) is 32.3 Å². The van der Waals surface area contributed by atoms with Crippen molar-refractivity contribution in [2.75, 3.05) is 5.32 Å². The van der Waals surface area contributed by atoms with E-state index in [0.29, 0.717) is 11.3 Å². The van der Waals surface area contributed by atoms with Gasteiger partial charge in [-0.2, -0.15) is 5.26 Å². The third-order valence-corrected chi connectivity index (χ3v) is 2.43. The Morgan fingerprint density at radius 2 is 2.31 bits per heavy atom. The molecule has 0 saturated carbocycles. The fraction of sp³-hybridized carbons (Fsp3) is 0.385. The summed E-state index contributed by atoms with van der Waals surface area (Å²) in [6, 6.07) is 8.99. The molecule has 0 aromatic heterocycles. The zero-order valence-corrected chi connectivity index (χ0v) is 9.66. The number of rotatable bonds is 4. The molecular formula is C13H16N2O. The smallest absolute Gasteiger partial charge is 0.227 e. The summed E-state index contributed by atoms with van der Waals surface area (Å²) in [4.78, 5) is 11.7. The molecule has 1 aromatic carbocycles. The molecule has 0 unspecified atom stereocenters. The Labute approximate surface area is 96.1 Å². The Bertz CT molecular complexity index is 407. The highest BCUT2D eigenvalue weighted by Crippen LogP contribution is 2.13. The van der Waals surface area contributed by atoms with E-state index in [4.69, 9.17) is 5.26 Å². The highest BCUT2D eigenvalue weighted by atomic mass is 16.1. The number of benzene rings is 1. The average Bonchev–Trinajstić information content (AvgIpc) is 2.29. The van der Waals surface area contributed by atoms with E-state index in [9.17, 15) is 4.79 Å². The van der Waals surface area contributed by atoms with Gasteiger partial charge in [0.15, 0.2) is 0 Å². The molecule has 16 heavy (non-hydrogen) atoms. The van der Waals surface area contributed by atoms with Crippen molar-refractivity contribution in [3.05, 3.63) is 29.8 Å². The van der Waals surface area contributed by atoms with E-state index >= 15 is 0 Å². The molecule has 0 saturated heterocycles. The van der Waals surface area contributed by atoms with Gasteiger partial charge >= 0.3 is 0 Å². The van der Waals surface area contributed by atoms with E-state index in [2.05, 4.69) is 12.2 Å². The Balaban J connectivity index is 2.66. The molecule has 1 rings (SSSR count). The molecule has 0 aliphatic heterocycles. The molecule has 1 amide bonds. The second-order valence-electron chi connectivity index (χ2n) is 3.87. The lowest BCUT2D eigenvalue weighted by Crippen LogP contribution is -2.20. The summed E-state index contributed by atoms with van der Waals surface area (Å²) in [5.74, 6) is 0.0210. The minimum Gasteiger partial charge on any atom is -0.326 e. The summed E-state index contributed by atoms with van der Waals surface area (Å²) >= 11 is 0. The van der Waals surface area contributed by atoms with Crippen LogP contribution in [0.15, 0.2) is 24.3 Å². The van der Waals surface area contributed by atoms with Crippen molar-refractivity contribution < 1.29 is 4.79 Å². The Hall–Kier alpha value is -1.82. The zero-order valence-electron chi connectivity index (χ0n) is 9.66. The van der Waals surface area contributed by atoms with Gasteiger partial charge in [0, 0.05) is 11.6 Å². The van der Waals surface area contributed by atoms with Gasteiger partial charge < -0.3 is 5.32 Å². The normalized spacial score (nSPS) is 11.6. The third kappa shape index (κ3) is 3.39. The largest absolute Gasteiger partial charge is 0.326 e. The number of amides is 1. The van der Waals surface area contributed by atoms with E-state index in [1.807, 2.05) is 13.0 Å². The maximum Gasteiger partial charge on any atom is 0.227 e. The van der Waals surface area contributed by atoms with Gasteiger partial charge in [0.25, 0.3) is 0 Å². The van der Waals surface area contributed by atoms with Crippen molar-refractivity contribution in [1.29, 1.82) is 5.26 Å². The zero-order chi connectivity index (χ0) is 12.0. The summed E-state index contributed by atoms with van der Waals surface area (Å²) in [7, 11) is 0. The number of hydrogen-bond acceptors (Lipinski definition) is 2. The van der Waals surface area contributed by atoms with Crippen LogP contribution in [0.25, 0.3) is 0 Å². The lowest BCUT2D eigenvalue weighted by atomic mass is 10.1. The second-order valence-corrected chi connectivity index (χ2v) is 3.87. The van der Waals surface area contributed by atoms with Crippen molar-refractivity contribution in [2.45, 2.75) is 26.7 Å². The van der Waals surface area contributed by atoms with Gasteiger partial charge in [0.05, 0.1) is 11.6 Å². The predicted octanol–water partition coefficient (Wildman–Crippen LogP) is 2.93. The molecule has 1 atom stereocenters. The first-order valence-corrected chi connectivity index (χ1v) is 5.48. The molecule has 3 nitrogen and oxygen atoms in total. The van der Waals surface area contributed by atoms with E-state index in [0.717, 1.165) is 12.8 Å². The fourth-order valence-corrected chi connectivity index (χ4v) is 1.50. The van der Waals surface area contributed by atoms with Gasteiger partial charge in [-0.3, -0.25) is 4.79 Å². The minimum absolute atomic E-state index is 0.00995. The van der Waals surface area contributed by atoms with E-state index in [1.165, 1.54) is 0 Å². The number of nitriles is 1. The maximum absolute atomic E-state index is 11.7. The van der Waals surface area contributed by atoms with Gasteiger partial charge in [-0.1, -0.05) is 26.3 Å². The van der Waals surface area contributed by atoms with Crippen molar-refractivity contribution in [3.8, 4) is 6.07 Å². The Morgan fingerprint density at radius 1 is 1.56 bits per heavy atom. The standard InChI is InChI=1S/C13H16N2O/c1-3-5-10(2)13(16)15-12-7-4-6-11(8-12)9-14/h4,6-8,10H,3,5H2,1-2H3,(H,15,16)/t10-/m0/s1. The quantitative estimate of drug-likeness (QED) is 0.841. The first kappa shape index (κ1) is 12.3. The highest BCUT2D eigenvalue weighted by Gasteiger charge is 2.11. The first-order chi connectivity index (χ1) is 7.67. The second kappa shape index (κ2) is 5.92. The van der Waals surface area contributed by atoms with Crippen LogP contribution in [0.5, 0.6) is 0 Å². The molecule has 0 aliphatic rings. The van der Waals surface area contributed by atoms with Gasteiger partial charge in [-0.05, 0) is 24.6 Å². The molecule has 0 aliphatic carbocycles. The predicted molar refractivity (Wildman–Crippen MR) is 63.9 cm³/mol. The summed E-state index contributed by atoms with van der Waals surface area (Å²) in [6.07, 6.45) is 1.87. The molecule has 0 heterocycles. The number of nitrogens with zero attached hydrogens (tertiary/aromatic N) is 1. The van der Waals surface area contributed by atoms with Crippen LogP contribution in [0.4, 0.5) is 5.69 Å². The van der Waals surface area contributed by atoms with Gasteiger partial charge in [0.1, 0.15) is 0 Å². The van der Waals surface area contributed by atoms with Crippen molar-refractivity contribution in [3.63, 3.8) is 0 Å². The van der Waals surface area contributed by atoms with Crippen LogP contribution in [-0.4, -0.2) is 5.91 Å². The lowest BCUT2D eigenvalue weighted by Gasteiger charge is -2.10. The highest BCUT2D eigenvalue weighted by molar-refractivity contribution is 5.92.